The van der Waals surface area contributed by atoms with Gasteiger partial charge in [0.2, 0.25) is 0 Å². The summed E-state index contributed by atoms with van der Waals surface area (Å²) in [5, 5.41) is 1.43. The van der Waals surface area contributed by atoms with Crippen LogP contribution in [0.5, 0.6) is 0 Å². The zero-order valence-corrected chi connectivity index (χ0v) is 13.4. The molecule has 2 rings (SSSR count). The van der Waals surface area contributed by atoms with E-state index in [2.05, 4.69) is 89.8 Å². The largest absolute Gasteiger partial charge is 0.107 e. The summed E-state index contributed by atoms with van der Waals surface area (Å²) in [6, 6.07) is 17.3. The lowest BCUT2D eigenvalue weighted by atomic mass is 10.1. The third-order valence-electron chi connectivity index (χ3n) is 3.32. The Bertz CT molecular complexity index is 538. The van der Waals surface area contributed by atoms with Crippen LogP contribution in [0.15, 0.2) is 65.3 Å². The van der Waals surface area contributed by atoms with Crippen LogP contribution < -0.4 is 5.19 Å². The second kappa shape index (κ2) is 5.25. The van der Waals surface area contributed by atoms with Gasteiger partial charge in [-0.3, -0.25) is 0 Å². The Morgan fingerprint density at radius 1 is 0.889 bits per heavy atom. The Hall–Kier alpha value is -1.12. The Kier molecular flexibility index (Phi) is 3.88. The molecule has 0 fully saturated rings. The molecule has 0 saturated carbocycles. The molecule has 2 heteroatoms. The van der Waals surface area contributed by atoms with E-state index in [1.165, 1.54) is 16.3 Å². The first-order chi connectivity index (χ1) is 8.53. The summed E-state index contributed by atoms with van der Waals surface area (Å²) >= 11 is 3.46. The maximum absolute atomic E-state index is 3.96. The molecule has 0 radical (unpaired) electrons. The first-order valence-electron chi connectivity index (χ1n) is 6.03. The summed E-state index contributed by atoms with van der Waals surface area (Å²) in [5.41, 5.74) is 4.64. The molecular formula is C16H17BrSi. The normalized spacial score (nSPS) is 11.3. The molecule has 0 saturated heterocycles. The topological polar surface area (TPSA) is 0 Å². The van der Waals surface area contributed by atoms with E-state index in [-0.39, 0.29) is 0 Å². The van der Waals surface area contributed by atoms with E-state index < -0.39 is 8.07 Å². The number of hydrogen-bond donors (Lipinski definition) is 0. The molecule has 0 aliphatic carbocycles. The van der Waals surface area contributed by atoms with Gasteiger partial charge < -0.3 is 0 Å². The van der Waals surface area contributed by atoms with Crippen molar-refractivity contribution in [1.29, 1.82) is 0 Å². The molecule has 0 atom stereocenters. The minimum atomic E-state index is -1.43. The van der Waals surface area contributed by atoms with E-state index in [0.717, 1.165) is 4.47 Å². The second-order valence-corrected chi connectivity index (χ2v) is 10.4. The van der Waals surface area contributed by atoms with Crippen LogP contribution in [0.3, 0.4) is 0 Å². The molecule has 0 aliphatic heterocycles. The SMILES string of the molecule is C=C[Si](C)(C)c1ccc(-c2ccc(Br)cc2)cc1. The van der Waals surface area contributed by atoms with Crippen molar-refractivity contribution in [2.45, 2.75) is 13.1 Å². The average molecular weight is 317 g/mol. The molecule has 2 aromatic carbocycles. The van der Waals surface area contributed by atoms with Crippen molar-refractivity contribution < 1.29 is 0 Å². The van der Waals surface area contributed by atoms with E-state index in [1.807, 2.05) is 0 Å². The standard InChI is InChI=1S/C16H17BrSi/c1-4-18(2,3)16-11-7-14(8-12-16)13-5-9-15(17)10-6-13/h4-12H,1H2,2-3H3. The molecular weight excluding hydrogens is 300 g/mol. The Morgan fingerprint density at radius 2 is 1.33 bits per heavy atom. The third kappa shape index (κ3) is 2.82. The fraction of sp³-hybridized carbons (Fsp3) is 0.125. The smallest absolute Gasteiger partial charge is 0.103 e. The van der Waals surface area contributed by atoms with Crippen molar-refractivity contribution in [1.82, 2.24) is 0 Å². The van der Waals surface area contributed by atoms with E-state index in [1.54, 1.807) is 0 Å². The Labute approximate surface area is 119 Å². The van der Waals surface area contributed by atoms with E-state index in [4.69, 9.17) is 0 Å². The van der Waals surface area contributed by atoms with Crippen molar-refractivity contribution in [2.24, 2.45) is 0 Å². The predicted molar refractivity (Wildman–Crippen MR) is 86.9 cm³/mol. The van der Waals surface area contributed by atoms with Crippen molar-refractivity contribution in [3.8, 4) is 11.1 Å². The number of halogens is 1. The number of benzene rings is 2. The quantitative estimate of drug-likeness (QED) is 0.716. The molecule has 0 amide bonds. The number of hydrogen-bond acceptors (Lipinski definition) is 0. The highest BCUT2D eigenvalue weighted by molar-refractivity contribution is 9.10. The molecule has 0 aliphatic rings. The Morgan fingerprint density at radius 3 is 1.78 bits per heavy atom. The maximum atomic E-state index is 3.96. The second-order valence-electron chi connectivity index (χ2n) is 5.01. The van der Waals surface area contributed by atoms with Crippen LogP contribution in [-0.4, -0.2) is 8.07 Å². The molecule has 0 nitrogen and oxygen atoms in total. The predicted octanol–water partition coefficient (Wildman–Crippen LogP) is 4.76. The lowest BCUT2D eigenvalue weighted by molar-refractivity contribution is 1.60. The van der Waals surface area contributed by atoms with Gasteiger partial charge in [0.05, 0.1) is 0 Å². The highest BCUT2D eigenvalue weighted by Gasteiger charge is 2.18. The monoisotopic (exact) mass is 316 g/mol. The Balaban J connectivity index is 2.33. The van der Waals surface area contributed by atoms with Gasteiger partial charge >= 0.3 is 0 Å². The summed E-state index contributed by atoms with van der Waals surface area (Å²) < 4.78 is 1.11. The van der Waals surface area contributed by atoms with E-state index in [9.17, 15) is 0 Å². The van der Waals surface area contributed by atoms with Gasteiger partial charge in [-0.15, -0.1) is 6.58 Å². The van der Waals surface area contributed by atoms with E-state index >= 15 is 0 Å². The van der Waals surface area contributed by atoms with Crippen molar-refractivity contribution in [3.63, 3.8) is 0 Å². The van der Waals surface area contributed by atoms with Crippen LogP contribution in [0.2, 0.25) is 13.1 Å². The fourth-order valence-electron chi connectivity index (χ4n) is 1.85. The molecule has 0 aromatic heterocycles. The average Bonchev–Trinajstić information content (AvgIpc) is 2.40. The minimum Gasteiger partial charge on any atom is -0.107 e. The van der Waals surface area contributed by atoms with Crippen LogP contribution in [0.25, 0.3) is 11.1 Å². The minimum absolute atomic E-state index is 1.11. The van der Waals surface area contributed by atoms with Gasteiger partial charge in [0.1, 0.15) is 8.07 Å². The van der Waals surface area contributed by atoms with Gasteiger partial charge in [-0.1, -0.05) is 76.3 Å². The molecule has 2 aromatic rings. The zero-order valence-electron chi connectivity index (χ0n) is 10.8. The molecule has 0 bridgehead atoms. The first kappa shape index (κ1) is 13.3. The van der Waals surface area contributed by atoms with Crippen LogP contribution in [0.1, 0.15) is 0 Å². The third-order valence-corrected chi connectivity index (χ3v) is 6.69. The summed E-state index contributed by atoms with van der Waals surface area (Å²) in [6.45, 7) is 8.58. The lowest BCUT2D eigenvalue weighted by Crippen LogP contribution is -2.38. The van der Waals surface area contributed by atoms with Gasteiger partial charge in [0.25, 0.3) is 0 Å². The van der Waals surface area contributed by atoms with Gasteiger partial charge in [-0.25, -0.2) is 0 Å². The molecule has 0 unspecified atom stereocenters. The highest BCUT2D eigenvalue weighted by atomic mass is 79.9. The van der Waals surface area contributed by atoms with Gasteiger partial charge in [0, 0.05) is 4.47 Å². The van der Waals surface area contributed by atoms with Gasteiger partial charge in [-0.05, 0) is 23.3 Å². The molecule has 0 heterocycles. The summed E-state index contributed by atoms with van der Waals surface area (Å²) in [7, 11) is -1.43. The zero-order chi connectivity index (χ0) is 13.2. The molecule has 92 valence electrons. The van der Waals surface area contributed by atoms with Crippen molar-refractivity contribution in [3.05, 3.63) is 65.3 Å². The van der Waals surface area contributed by atoms with Crippen LogP contribution in [0.4, 0.5) is 0 Å². The van der Waals surface area contributed by atoms with Crippen LogP contribution in [-0.2, 0) is 0 Å². The summed E-state index contributed by atoms with van der Waals surface area (Å²) in [4.78, 5) is 0. The summed E-state index contributed by atoms with van der Waals surface area (Å²) in [5.74, 6) is 0. The molecule has 18 heavy (non-hydrogen) atoms. The van der Waals surface area contributed by atoms with Gasteiger partial charge in [-0.2, -0.15) is 0 Å². The molecule has 0 spiro atoms. The highest BCUT2D eigenvalue weighted by Crippen LogP contribution is 2.21. The van der Waals surface area contributed by atoms with E-state index in [0.29, 0.717) is 0 Å². The van der Waals surface area contributed by atoms with Crippen LogP contribution in [0, 0.1) is 0 Å². The van der Waals surface area contributed by atoms with Crippen molar-refractivity contribution in [2.75, 3.05) is 0 Å². The summed E-state index contributed by atoms with van der Waals surface area (Å²) in [6.07, 6.45) is 0. The lowest BCUT2D eigenvalue weighted by Gasteiger charge is -2.18. The maximum Gasteiger partial charge on any atom is 0.103 e. The fourth-order valence-corrected chi connectivity index (χ4v) is 3.38. The van der Waals surface area contributed by atoms with Gasteiger partial charge in [0.15, 0.2) is 0 Å². The first-order valence-corrected chi connectivity index (χ1v) is 9.90. The molecule has 0 N–H and O–H groups in total. The van der Waals surface area contributed by atoms with Crippen LogP contribution >= 0.6 is 15.9 Å². The number of rotatable bonds is 3. The van der Waals surface area contributed by atoms with Crippen molar-refractivity contribution >= 4 is 29.2 Å².